The van der Waals surface area contributed by atoms with Gasteiger partial charge < -0.3 is 25.5 Å². The van der Waals surface area contributed by atoms with E-state index in [0.717, 1.165) is 5.57 Å². The lowest BCUT2D eigenvalue weighted by atomic mass is 9.46. The highest BCUT2D eigenvalue weighted by Crippen LogP contribution is 2.67. The van der Waals surface area contributed by atoms with Crippen LogP contribution in [-0.4, -0.2) is 55.5 Å². The van der Waals surface area contributed by atoms with E-state index in [9.17, 15) is 25.5 Å². The molecule has 10 atom stereocenters. The molecule has 5 heteroatoms. The number of aliphatic hydroxyl groups excluding tert-OH is 4. The van der Waals surface area contributed by atoms with Crippen molar-refractivity contribution < 1.29 is 25.5 Å². The predicted molar refractivity (Wildman–Crippen MR) is 95.7 cm³/mol. The zero-order valence-electron chi connectivity index (χ0n) is 15.5. The second kappa shape index (κ2) is 5.56. The molecule has 144 valence electrons. The molecule has 0 bridgehead atoms. The molecule has 5 nitrogen and oxygen atoms in total. The maximum absolute atomic E-state index is 11.2. The Morgan fingerprint density at radius 3 is 2.50 bits per heavy atom. The van der Waals surface area contributed by atoms with Crippen LogP contribution in [0.4, 0.5) is 0 Å². The molecule has 0 aromatic heterocycles. The standard InChI is InChI=1S/C21H30O5/c1-4-21(26)16(24)9-13-11-5-6-12-18(25)14(22)7-8-19(12,2)17(11)15(23)10-20(13,21)3/h1,6,11,13-18,22-26H,5,7-10H2,2-3H3/t11-,13-,14-,15+,16+,17+,18+,19-,20-,21-/m0/s1. The Bertz CT molecular complexity index is 682. The highest BCUT2D eigenvalue weighted by molar-refractivity contribution is 5.33. The van der Waals surface area contributed by atoms with E-state index >= 15 is 0 Å². The van der Waals surface area contributed by atoms with Gasteiger partial charge in [0.15, 0.2) is 5.60 Å². The van der Waals surface area contributed by atoms with Crippen LogP contribution in [0.25, 0.3) is 0 Å². The van der Waals surface area contributed by atoms with E-state index < -0.39 is 35.4 Å². The summed E-state index contributed by atoms with van der Waals surface area (Å²) >= 11 is 0. The summed E-state index contributed by atoms with van der Waals surface area (Å²) in [5.74, 6) is 2.44. The van der Waals surface area contributed by atoms with Gasteiger partial charge in [0.2, 0.25) is 0 Å². The molecule has 5 N–H and O–H groups in total. The molecule has 0 aromatic rings. The van der Waals surface area contributed by atoms with Crippen molar-refractivity contribution in [2.75, 3.05) is 0 Å². The van der Waals surface area contributed by atoms with Crippen LogP contribution in [0.1, 0.15) is 46.0 Å². The average Bonchev–Trinajstić information content (AvgIpc) is 2.79. The molecule has 3 saturated carbocycles. The lowest BCUT2D eigenvalue weighted by Crippen LogP contribution is -2.61. The fraction of sp³-hybridized carbons (Fsp3) is 0.810. The summed E-state index contributed by atoms with van der Waals surface area (Å²) in [6, 6.07) is 0. The fourth-order valence-corrected chi connectivity index (χ4v) is 7.13. The van der Waals surface area contributed by atoms with Crippen molar-refractivity contribution >= 4 is 0 Å². The molecule has 0 radical (unpaired) electrons. The largest absolute Gasteiger partial charge is 0.393 e. The smallest absolute Gasteiger partial charge is 0.156 e. The topological polar surface area (TPSA) is 101 Å². The molecular formula is C21H30O5. The first-order valence-electron chi connectivity index (χ1n) is 9.73. The van der Waals surface area contributed by atoms with Gasteiger partial charge in [-0.15, -0.1) is 6.42 Å². The number of fused-ring (bicyclic) bond motifs is 5. The van der Waals surface area contributed by atoms with Crippen molar-refractivity contribution in [3.63, 3.8) is 0 Å². The summed E-state index contributed by atoms with van der Waals surface area (Å²) < 4.78 is 0. The van der Waals surface area contributed by atoms with Gasteiger partial charge in [-0.1, -0.05) is 25.8 Å². The zero-order valence-corrected chi connectivity index (χ0v) is 15.5. The van der Waals surface area contributed by atoms with Crippen LogP contribution in [0.2, 0.25) is 0 Å². The van der Waals surface area contributed by atoms with Gasteiger partial charge in [0.05, 0.1) is 18.3 Å². The summed E-state index contributed by atoms with van der Waals surface area (Å²) in [5, 5.41) is 53.3. The Hall–Kier alpha value is -0.900. The normalized spacial score (nSPS) is 58.8. The van der Waals surface area contributed by atoms with E-state index in [1.54, 1.807) is 0 Å². The molecule has 0 aromatic carbocycles. The van der Waals surface area contributed by atoms with E-state index in [1.165, 1.54) is 0 Å². The minimum Gasteiger partial charge on any atom is -0.393 e. The quantitative estimate of drug-likeness (QED) is 0.321. The first kappa shape index (κ1) is 18.5. The Morgan fingerprint density at radius 2 is 1.85 bits per heavy atom. The molecule has 26 heavy (non-hydrogen) atoms. The van der Waals surface area contributed by atoms with Crippen molar-refractivity contribution in [2.45, 2.75) is 76.0 Å². The van der Waals surface area contributed by atoms with E-state index in [0.29, 0.717) is 32.1 Å². The number of hydrogen-bond donors (Lipinski definition) is 5. The fourth-order valence-electron chi connectivity index (χ4n) is 7.13. The summed E-state index contributed by atoms with van der Waals surface area (Å²) in [7, 11) is 0. The summed E-state index contributed by atoms with van der Waals surface area (Å²) in [5.41, 5.74) is -1.91. The third-order valence-electron chi connectivity index (χ3n) is 8.54. The molecule has 0 amide bonds. The van der Waals surface area contributed by atoms with Crippen LogP contribution in [-0.2, 0) is 0 Å². The molecular weight excluding hydrogens is 332 g/mol. The molecule has 4 rings (SSSR count). The van der Waals surface area contributed by atoms with Crippen LogP contribution in [0, 0.1) is 40.9 Å². The van der Waals surface area contributed by atoms with Gasteiger partial charge in [0, 0.05) is 5.41 Å². The van der Waals surface area contributed by atoms with Crippen molar-refractivity contribution in [3.05, 3.63) is 11.6 Å². The minimum absolute atomic E-state index is 0.00516. The van der Waals surface area contributed by atoms with Crippen molar-refractivity contribution in [3.8, 4) is 12.3 Å². The van der Waals surface area contributed by atoms with Crippen LogP contribution >= 0.6 is 0 Å². The number of terminal acetylenes is 1. The second-order valence-electron chi connectivity index (χ2n) is 9.51. The zero-order chi connectivity index (χ0) is 19.1. The molecule has 0 aliphatic heterocycles. The number of hydrogen-bond acceptors (Lipinski definition) is 5. The van der Waals surface area contributed by atoms with Gasteiger partial charge in [-0.3, -0.25) is 0 Å². The molecule has 0 spiro atoms. The highest BCUT2D eigenvalue weighted by Gasteiger charge is 2.69. The third-order valence-corrected chi connectivity index (χ3v) is 8.54. The highest BCUT2D eigenvalue weighted by atomic mass is 16.3. The molecule has 3 fully saturated rings. The van der Waals surface area contributed by atoms with Gasteiger partial charge in [-0.2, -0.15) is 0 Å². The number of aliphatic hydroxyl groups is 5. The van der Waals surface area contributed by atoms with Crippen molar-refractivity contribution in [1.29, 1.82) is 0 Å². The van der Waals surface area contributed by atoms with Crippen LogP contribution in [0.15, 0.2) is 11.6 Å². The first-order chi connectivity index (χ1) is 12.1. The lowest BCUT2D eigenvalue weighted by Gasteiger charge is -2.60. The molecule has 4 aliphatic rings. The van der Waals surface area contributed by atoms with Crippen molar-refractivity contribution in [2.24, 2.45) is 28.6 Å². The third kappa shape index (κ3) is 2.00. The maximum Gasteiger partial charge on any atom is 0.156 e. The molecule has 0 unspecified atom stereocenters. The van der Waals surface area contributed by atoms with Gasteiger partial charge in [0.1, 0.15) is 6.10 Å². The summed E-state index contributed by atoms with van der Waals surface area (Å²) in [6.45, 7) is 3.98. The average molecular weight is 362 g/mol. The van der Waals surface area contributed by atoms with E-state index in [1.807, 2.05) is 13.0 Å². The van der Waals surface area contributed by atoms with Crippen LogP contribution < -0.4 is 0 Å². The number of allylic oxidation sites excluding steroid dienone is 1. The van der Waals surface area contributed by atoms with Crippen LogP contribution in [0.5, 0.6) is 0 Å². The van der Waals surface area contributed by atoms with E-state index in [4.69, 9.17) is 6.42 Å². The Labute approximate surface area is 154 Å². The van der Waals surface area contributed by atoms with Crippen molar-refractivity contribution in [1.82, 2.24) is 0 Å². The second-order valence-corrected chi connectivity index (χ2v) is 9.51. The van der Waals surface area contributed by atoms with E-state index in [-0.39, 0.29) is 23.2 Å². The summed E-state index contributed by atoms with van der Waals surface area (Å²) in [6.07, 6.45) is 6.95. The first-order valence-corrected chi connectivity index (χ1v) is 9.73. The summed E-state index contributed by atoms with van der Waals surface area (Å²) in [4.78, 5) is 0. The SMILES string of the molecule is C#C[C@]1(O)[C@H](O)C[C@H]2[C@@H]3CC=C4[C@@H](O)[C@@H](O)CC[C@]4(C)[C@H]3[C@H](O)C[C@@]21C. The number of rotatable bonds is 0. The van der Waals surface area contributed by atoms with Gasteiger partial charge in [0.25, 0.3) is 0 Å². The predicted octanol–water partition coefficient (Wildman–Crippen LogP) is 0.587. The Kier molecular flexibility index (Phi) is 3.95. The van der Waals surface area contributed by atoms with Gasteiger partial charge in [-0.05, 0) is 60.8 Å². The monoisotopic (exact) mass is 362 g/mol. The van der Waals surface area contributed by atoms with Crippen LogP contribution in [0.3, 0.4) is 0 Å². The Balaban J connectivity index is 1.78. The van der Waals surface area contributed by atoms with Gasteiger partial charge >= 0.3 is 0 Å². The Morgan fingerprint density at radius 1 is 1.15 bits per heavy atom. The van der Waals surface area contributed by atoms with E-state index in [2.05, 4.69) is 12.8 Å². The molecule has 0 heterocycles. The maximum atomic E-state index is 11.2. The molecule has 4 aliphatic carbocycles. The molecule has 0 saturated heterocycles. The lowest BCUT2D eigenvalue weighted by molar-refractivity contribution is -0.165. The minimum atomic E-state index is -1.63. The van der Waals surface area contributed by atoms with Gasteiger partial charge in [-0.25, -0.2) is 0 Å².